The smallest absolute Gasteiger partial charge is 0.141 e. The molecule has 0 saturated carbocycles. The zero-order valence-electron chi connectivity index (χ0n) is 13.1. The SMILES string of the molecule is COCC(C)N(C)c1ncc(F)cc1CNCC(C)C. The fourth-order valence-electron chi connectivity index (χ4n) is 1.98. The van der Waals surface area contributed by atoms with E-state index < -0.39 is 0 Å². The number of aromatic nitrogens is 1. The first-order valence-electron chi connectivity index (χ1n) is 7.02. The van der Waals surface area contributed by atoms with Crippen molar-refractivity contribution in [2.75, 3.05) is 32.2 Å². The summed E-state index contributed by atoms with van der Waals surface area (Å²) in [6.45, 7) is 8.46. The topological polar surface area (TPSA) is 37.4 Å². The number of halogens is 1. The molecule has 20 heavy (non-hydrogen) atoms. The lowest BCUT2D eigenvalue weighted by Gasteiger charge is -2.27. The van der Waals surface area contributed by atoms with Gasteiger partial charge in [-0.1, -0.05) is 13.8 Å². The Morgan fingerprint density at radius 3 is 2.70 bits per heavy atom. The quantitative estimate of drug-likeness (QED) is 0.795. The van der Waals surface area contributed by atoms with Gasteiger partial charge in [-0.05, 0) is 25.5 Å². The molecule has 1 heterocycles. The molecule has 0 bridgehead atoms. The second kappa shape index (κ2) is 8.17. The molecule has 1 N–H and O–H groups in total. The van der Waals surface area contributed by atoms with Crippen molar-refractivity contribution in [2.45, 2.75) is 33.4 Å². The molecule has 0 spiro atoms. The van der Waals surface area contributed by atoms with Crippen LogP contribution in [0.25, 0.3) is 0 Å². The van der Waals surface area contributed by atoms with Crippen LogP contribution in [0.2, 0.25) is 0 Å². The molecule has 0 fully saturated rings. The first kappa shape index (κ1) is 16.9. The third-order valence-corrected chi connectivity index (χ3v) is 3.18. The molecule has 1 aromatic rings. The van der Waals surface area contributed by atoms with Gasteiger partial charge < -0.3 is 15.0 Å². The largest absolute Gasteiger partial charge is 0.383 e. The van der Waals surface area contributed by atoms with Crippen molar-refractivity contribution >= 4 is 5.82 Å². The van der Waals surface area contributed by atoms with E-state index in [-0.39, 0.29) is 11.9 Å². The molecule has 0 amide bonds. The Morgan fingerprint density at radius 1 is 1.40 bits per heavy atom. The maximum Gasteiger partial charge on any atom is 0.141 e. The molecule has 0 aromatic carbocycles. The van der Waals surface area contributed by atoms with Crippen molar-refractivity contribution in [3.8, 4) is 0 Å². The fraction of sp³-hybridized carbons (Fsp3) is 0.667. The second-order valence-electron chi connectivity index (χ2n) is 5.58. The summed E-state index contributed by atoms with van der Waals surface area (Å²) in [6.07, 6.45) is 1.26. The van der Waals surface area contributed by atoms with E-state index in [0.717, 1.165) is 17.9 Å². The van der Waals surface area contributed by atoms with Gasteiger partial charge in [0.15, 0.2) is 0 Å². The van der Waals surface area contributed by atoms with Crippen LogP contribution in [0.4, 0.5) is 10.2 Å². The van der Waals surface area contributed by atoms with Crippen molar-refractivity contribution < 1.29 is 9.13 Å². The maximum absolute atomic E-state index is 13.4. The molecule has 0 aliphatic heterocycles. The maximum atomic E-state index is 13.4. The third-order valence-electron chi connectivity index (χ3n) is 3.18. The van der Waals surface area contributed by atoms with Gasteiger partial charge in [0.25, 0.3) is 0 Å². The van der Waals surface area contributed by atoms with Crippen LogP contribution in [-0.4, -0.2) is 38.3 Å². The molecule has 114 valence electrons. The predicted octanol–water partition coefficient (Wildman–Crippen LogP) is 2.44. The summed E-state index contributed by atoms with van der Waals surface area (Å²) < 4.78 is 18.6. The molecular formula is C15H26FN3O. The Kier molecular flexibility index (Phi) is 6.88. The van der Waals surface area contributed by atoms with E-state index in [1.54, 1.807) is 13.2 Å². The zero-order valence-corrected chi connectivity index (χ0v) is 13.1. The number of anilines is 1. The Labute approximate surface area is 121 Å². The van der Waals surface area contributed by atoms with Crippen LogP contribution in [0.15, 0.2) is 12.3 Å². The lowest BCUT2D eigenvalue weighted by Crippen LogP contribution is -2.34. The van der Waals surface area contributed by atoms with E-state index in [9.17, 15) is 4.39 Å². The Bertz CT molecular complexity index is 412. The lowest BCUT2D eigenvalue weighted by molar-refractivity contribution is 0.183. The van der Waals surface area contributed by atoms with E-state index in [1.165, 1.54) is 6.20 Å². The van der Waals surface area contributed by atoms with E-state index in [1.807, 2.05) is 11.9 Å². The molecule has 0 aliphatic carbocycles. The van der Waals surface area contributed by atoms with Gasteiger partial charge in [0, 0.05) is 26.3 Å². The van der Waals surface area contributed by atoms with Crippen LogP contribution < -0.4 is 10.2 Å². The molecule has 1 rings (SSSR count). The summed E-state index contributed by atoms with van der Waals surface area (Å²) in [4.78, 5) is 6.26. The predicted molar refractivity (Wildman–Crippen MR) is 80.5 cm³/mol. The average Bonchev–Trinajstić information content (AvgIpc) is 2.38. The summed E-state index contributed by atoms with van der Waals surface area (Å²) in [6, 6.07) is 1.73. The van der Waals surface area contributed by atoms with Gasteiger partial charge in [0.1, 0.15) is 11.6 Å². The number of ether oxygens (including phenoxy) is 1. The molecule has 1 aromatic heterocycles. The van der Waals surface area contributed by atoms with Gasteiger partial charge >= 0.3 is 0 Å². The first-order chi connectivity index (χ1) is 9.45. The van der Waals surface area contributed by atoms with E-state index in [0.29, 0.717) is 19.1 Å². The summed E-state index contributed by atoms with van der Waals surface area (Å²) in [5.74, 6) is 1.06. The van der Waals surface area contributed by atoms with Crippen LogP contribution in [0.5, 0.6) is 0 Å². The van der Waals surface area contributed by atoms with Gasteiger partial charge in [0.05, 0.1) is 18.8 Å². The molecule has 5 heteroatoms. The minimum Gasteiger partial charge on any atom is -0.383 e. The van der Waals surface area contributed by atoms with E-state index in [2.05, 4.69) is 31.1 Å². The van der Waals surface area contributed by atoms with Gasteiger partial charge in [0.2, 0.25) is 0 Å². The molecular weight excluding hydrogens is 257 g/mol. The molecule has 0 saturated heterocycles. The molecule has 0 aliphatic rings. The number of methoxy groups -OCH3 is 1. The minimum absolute atomic E-state index is 0.182. The van der Waals surface area contributed by atoms with Crippen LogP contribution in [-0.2, 0) is 11.3 Å². The Morgan fingerprint density at radius 2 is 2.10 bits per heavy atom. The van der Waals surface area contributed by atoms with Gasteiger partial charge in [-0.2, -0.15) is 0 Å². The summed E-state index contributed by atoms with van der Waals surface area (Å²) >= 11 is 0. The van der Waals surface area contributed by atoms with E-state index in [4.69, 9.17) is 4.74 Å². The molecule has 4 nitrogen and oxygen atoms in total. The summed E-state index contributed by atoms with van der Waals surface area (Å²) in [7, 11) is 3.63. The number of likely N-dealkylation sites (N-methyl/N-ethyl adjacent to an activating group) is 1. The number of rotatable bonds is 8. The normalized spacial score (nSPS) is 12.8. The number of hydrogen-bond acceptors (Lipinski definition) is 4. The Hall–Kier alpha value is -1.20. The average molecular weight is 283 g/mol. The van der Waals surface area contributed by atoms with Gasteiger partial charge in [-0.3, -0.25) is 0 Å². The minimum atomic E-state index is -0.303. The lowest BCUT2D eigenvalue weighted by atomic mass is 10.2. The van der Waals surface area contributed by atoms with Crippen LogP contribution in [0, 0.1) is 11.7 Å². The highest BCUT2D eigenvalue weighted by molar-refractivity contribution is 5.47. The van der Waals surface area contributed by atoms with Crippen molar-refractivity contribution in [1.29, 1.82) is 0 Å². The van der Waals surface area contributed by atoms with Gasteiger partial charge in [-0.25, -0.2) is 9.37 Å². The first-order valence-corrected chi connectivity index (χ1v) is 7.02. The van der Waals surface area contributed by atoms with Gasteiger partial charge in [-0.15, -0.1) is 0 Å². The summed E-state index contributed by atoms with van der Waals surface area (Å²) in [5.41, 5.74) is 0.871. The highest BCUT2D eigenvalue weighted by Crippen LogP contribution is 2.19. The fourth-order valence-corrected chi connectivity index (χ4v) is 1.98. The van der Waals surface area contributed by atoms with Crippen molar-refractivity contribution in [2.24, 2.45) is 5.92 Å². The van der Waals surface area contributed by atoms with Crippen molar-refractivity contribution in [1.82, 2.24) is 10.3 Å². The highest BCUT2D eigenvalue weighted by Gasteiger charge is 2.15. The number of nitrogens with one attached hydrogen (secondary N) is 1. The number of nitrogens with zero attached hydrogens (tertiary/aromatic N) is 2. The third kappa shape index (κ3) is 5.06. The van der Waals surface area contributed by atoms with Crippen LogP contribution in [0.1, 0.15) is 26.3 Å². The van der Waals surface area contributed by atoms with Crippen LogP contribution in [0.3, 0.4) is 0 Å². The molecule has 1 atom stereocenters. The Balaban J connectivity index is 2.83. The molecule has 1 unspecified atom stereocenters. The zero-order chi connectivity index (χ0) is 15.1. The van der Waals surface area contributed by atoms with Crippen molar-refractivity contribution in [3.05, 3.63) is 23.6 Å². The van der Waals surface area contributed by atoms with E-state index >= 15 is 0 Å². The monoisotopic (exact) mass is 283 g/mol. The number of pyridine rings is 1. The standard InChI is InChI=1S/C15H26FN3O/c1-11(2)7-17-8-13-6-14(16)9-18-15(13)19(4)12(3)10-20-5/h6,9,11-12,17H,7-8,10H2,1-5H3. The highest BCUT2D eigenvalue weighted by atomic mass is 19.1. The number of hydrogen-bond donors (Lipinski definition) is 1. The summed E-state index contributed by atoms with van der Waals surface area (Å²) in [5, 5.41) is 3.33. The second-order valence-corrected chi connectivity index (χ2v) is 5.58. The van der Waals surface area contributed by atoms with Crippen LogP contribution >= 0.6 is 0 Å². The molecule has 0 radical (unpaired) electrons. The van der Waals surface area contributed by atoms with Crippen molar-refractivity contribution in [3.63, 3.8) is 0 Å².